The van der Waals surface area contributed by atoms with Gasteiger partial charge in [-0.05, 0) is 6.92 Å². The number of aromatic amines is 1. The number of nitrogens with zero attached hydrogens (tertiary/aromatic N) is 2. The van der Waals surface area contributed by atoms with Crippen LogP contribution in [0.5, 0.6) is 0 Å². The van der Waals surface area contributed by atoms with Crippen molar-refractivity contribution in [3.8, 4) is 0 Å². The van der Waals surface area contributed by atoms with Gasteiger partial charge in [-0.25, -0.2) is 4.98 Å². The SMILES string of the molecule is CC(OC=O)C(c1cnc[nH]1)[N+](=O)[O-]. The Bertz CT molecular complexity index is 311. The zero-order chi connectivity index (χ0) is 10.6. The quantitative estimate of drug-likeness (QED) is 0.417. The minimum Gasteiger partial charge on any atom is -0.457 e. The molecule has 14 heavy (non-hydrogen) atoms. The molecule has 0 fully saturated rings. The Hall–Kier alpha value is -1.92. The summed E-state index contributed by atoms with van der Waals surface area (Å²) >= 11 is 0. The number of carbonyl (C=O) groups is 1. The summed E-state index contributed by atoms with van der Waals surface area (Å²) in [6.45, 7) is 1.64. The number of hydrogen-bond donors (Lipinski definition) is 1. The molecule has 0 radical (unpaired) electrons. The summed E-state index contributed by atoms with van der Waals surface area (Å²) in [5, 5.41) is 10.7. The molecule has 0 spiro atoms. The molecule has 0 aromatic carbocycles. The number of hydrogen-bond acceptors (Lipinski definition) is 5. The summed E-state index contributed by atoms with van der Waals surface area (Å²) in [5.41, 5.74) is 0.310. The van der Waals surface area contributed by atoms with E-state index in [4.69, 9.17) is 0 Å². The number of nitro groups is 1. The van der Waals surface area contributed by atoms with Crippen molar-refractivity contribution in [1.82, 2.24) is 9.97 Å². The van der Waals surface area contributed by atoms with Gasteiger partial charge in [0.05, 0.1) is 12.5 Å². The molecule has 0 bridgehead atoms. The second kappa shape index (κ2) is 4.35. The molecule has 0 aliphatic rings. The van der Waals surface area contributed by atoms with Gasteiger partial charge in [0.1, 0.15) is 5.69 Å². The Morgan fingerprint density at radius 1 is 1.79 bits per heavy atom. The highest BCUT2D eigenvalue weighted by molar-refractivity contribution is 5.37. The van der Waals surface area contributed by atoms with E-state index in [-0.39, 0.29) is 6.47 Å². The number of ether oxygens (including phenoxy) is 1. The minimum absolute atomic E-state index is 0.192. The first-order chi connectivity index (χ1) is 6.66. The summed E-state index contributed by atoms with van der Waals surface area (Å²) in [5.74, 6) is 0. The smallest absolute Gasteiger partial charge is 0.293 e. The van der Waals surface area contributed by atoms with Gasteiger partial charge in [-0.3, -0.25) is 14.9 Å². The molecule has 1 aromatic heterocycles. The molecule has 2 atom stereocenters. The van der Waals surface area contributed by atoms with E-state index in [0.29, 0.717) is 5.69 Å². The van der Waals surface area contributed by atoms with E-state index in [9.17, 15) is 14.9 Å². The highest BCUT2D eigenvalue weighted by Crippen LogP contribution is 2.19. The van der Waals surface area contributed by atoms with Crippen LogP contribution in [0, 0.1) is 10.1 Å². The molecule has 2 unspecified atom stereocenters. The van der Waals surface area contributed by atoms with E-state index < -0.39 is 17.1 Å². The van der Waals surface area contributed by atoms with Crippen LogP contribution in [0.2, 0.25) is 0 Å². The van der Waals surface area contributed by atoms with Crippen LogP contribution in [0.25, 0.3) is 0 Å². The van der Waals surface area contributed by atoms with E-state index in [2.05, 4.69) is 14.7 Å². The number of aromatic nitrogens is 2. The fourth-order valence-electron chi connectivity index (χ4n) is 1.13. The van der Waals surface area contributed by atoms with Crippen LogP contribution in [0.3, 0.4) is 0 Å². The van der Waals surface area contributed by atoms with Gasteiger partial charge in [0.25, 0.3) is 12.5 Å². The van der Waals surface area contributed by atoms with Crippen LogP contribution in [0.4, 0.5) is 0 Å². The van der Waals surface area contributed by atoms with Crippen LogP contribution in [-0.4, -0.2) is 27.5 Å². The largest absolute Gasteiger partial charge is 0.457 e. The molecule has 1 heterocycles. The fraction of sp³-hybridized carbons (Fsp3) is 0.429. The minimum atomic E-state index is -1.11. The third-order valence-corrected chi connectivity index (χ3v) is 1.78. The second-order valence-corrected chi connectivity index (χ2v) is 2.67. The summed E-state index contributed by atoms with van der Waals surface area (Å²) < 4.78 is 4.52. The lowest BCUT2D eigenvalue weighted by Gasteiger charge is -2.13. The molecule has 0 amide bonds. The van der Waals surface area contributed by atoms with Crippen molar-refractivity contribution in [3.05, 3.63) is 28.3 Å². The first-order valence-corrected chi connectivity index (χ1v) is 3.87. The predicted octanol–water partition coefficient (Wildman–Crippen LogP) is 0.289. The molecule has 0 aliphatic carbocycles. The summed E-state index contributed by atoms with van der Waals surface area (Å²) in [4.78, 5) is 26.5. The maximum absolute atomic E-state index is 10.7. The molecule has 0 aliphatic heterocycles. The van der Waals surface area contributed by atoms with E-state index in [1.807, 2.05) is 0 Å². The van der Waals surface area contributed by atoms with Gasteiger partial charge in [0.2, 0.25) is 0 Å². The number of nitrogens with one attached hydrogen (secondary N) is 1. The molecule has 0 saturated heterocycles. The van der Waals surface area contributed by atoms with Gasteiger partial charge in [-0.2, -0.15) is 0 Å². The number of imidazole rings is 1. The van der Waals surface area contributed by atoms with E-state index in [0.717, 1.165) is 0 Å². The Kier molecular flexibility index (Phi) is 3.16. The van der Waals surface area contributed by atoms with Gasteiger partial charge in [-0.15, -0.1) is 0 Å². The zero-order valence-electron chi connectivity index (χ0n) is 7.41. The lowest BCUT2D eigenvalue weighted by Crippen LogP contribution is -2.25. The molecule has 76 valence electrons. The van der Waals surface area contributed by atoms with Crippen molar-refractivity contribution in [1.29, 1.82) is 0 Å². The van der Waals surface area contributed by atoms with Gasteiger partial charge in [-0.1, -0.05) is 0 Å². The molecular formula is C7H9N3O4. The molecular weight excluding hydrogens is 190 g/mol. The van der Waals surface area contributed by atoms with Crippen LogP contribution < -0.4 is 0 Å². The summed E-state index contributed by atoms with van der Waals surface area (Å²) in [6, 6.07) is -1.11. The maximum Gasteiger partial charge on any atom is 0.293 e. The van der Waals surface area contributed by atoms with Crippen molar-refractivity contribution in [2.45, 2.75) is 19.1 Å². The molecule has 1 rings (SSSR count). The van der Waals surface area contributed by atoms with Crippen molar-refractivity contribution in [2.75, 3.05) is 0 Å². The van der Waals surface area contributed by atoms with Crippen LogP contribution >= 0.6 is 0 Å². The van der Waals surface area contributed by atoms with E-state index in [1.54, 1.807) is 0 Å². The molecule has 1 N–H and O–H groups in total. The van der Waals surface area contributed by atoms with Crippen molar-refractivity contribution < 1.29 is 14.5 Å². The van der Waals surface area contributed by atoms with Crippen LogP contribution in [0.15, 0.2) is 12.5 Å². The third kappa shape index (κ3) is 2.06. The van der Waals surface area contributed by atoms with Crippen molar-refractivity contribution >= 4 is 6.47 Å². The lowest BCUT2D eigenvalue weighted by atomic mass is 10.1. The van der Waals surface area contributed by atoms with Crippen molar-refractivity contribution in [3.63, 3.8) is 0 Å². The van der Waals surface area contributed by atoms with E-state index in [1.165, 1.54) is 19.4 Å². The number of rotatable bonds is 5. The van der Waals surface area contributed by atoms with E-state index >= 15 is 0 Å². The number of carbonyl (C=O) groups excluding carboxylic acids is 1. The lowest BCUT2D eigenvalue weighted by molar-refractivity contribution is -0.540. The van der Waals surface area contributed by atoms with Crippen LogP contribution in [-0.2, 0) is 9.53 Å². The number of H-pyrrole nitrogens is 1. The normalized spacial score (nSPS) is 14.4. The highest BCUT2D eigenvalue weighted by Gasteiger charge is 2.32. The Morgan fingerprint density at radius 3 is 2.93 bits per heavy atom. The van der Waals surface area contributed by atoms with Crippen molar-refractivity contribution in [2.24, 2.45) is 0 Å². The maximum atomic E-state index is 10.7. The van der Waals surface area contributed by atoms with Crippen LogP contribution in [0.1, 0.15) is 18.7 Å². The third-order valence-electron chi connectivity index (χ3n) is 1.78. The Labute approximate surface area is 79.2 Å². The highest BCUT2D eigenvalue weighted by atomic mass is 16.6. The first kappa shape index (κ1) is 10.2. The van der Waals surface area contributed by atoms with Gasteiger partial charge >= 0.3 is 0 Å². The fourth-order valence-corrected chi connectivity index (χ4v) is 1.13. The Balaban J connectivity index is 2.84. The molecule has 1 aromatic rings. The molecule has 7 heteroatoms. The summed E-state index contributed by atoms with van der Waals surface area (Å²) in [7, 11) is 0. The topological polar surface area (TPSA) is 98.1 Å². The Morgan fingerprint density at radius 2 is 2.50 bits per heavy atom. The zero-order valence-corrected chi connectivity index (χ0v) is 7.41. The first-order valence-electron chi connectivity index (χ1n) is 3.87. The average molecular weight is 199 g/mol. The molecule has 7 nitrogen and oxygen atoms in total. The monoisotopic (exact) mass is 199 g/mol. The van der Waals surface area contributed by atoms with Gasteiger partial charge in [0, 0.05) is 4.92 Å². The summed E-state index contributed by atoms with van der Waals surface area (Å²) in [6.07, 6.45) is 1.83. The average Bonchev–Trinajstić information content (AvgIpc) is 2.57. The van der Waals surface area contributed by atoms with Gasteiger partial charge < -0.3 is 9.72 Å². The standard InChI is InChI=1S/C7H9N3O4/c1-5(14-4-11)7(10(12)13)6-2-8-3-9-6/h2-5,7H,1H3,(H,8,9). The molecule has 0 saturated carbocycles. The van der Waals surface area contributed by atoms with Gasteiger partial charge in [0.15, 0.2) is 6.10 Å². The second-order valence-electron chi connectivity index (χ2n) is 2.67. The predicted molar refractivity (Wildman–Crippen MR) is 44.9 cm³/mol.